The molecular formula is C60H46N2. The largest absolute Gasteiger partial charge is 0.310 e. The molecule has 2 aliphatic rings. The molecule has 0 bridgehead atoms. The summed E-state index contributed by atoms with van der Waals surface area (Å²) in [4.78, 5) is 5.07. The number of fused-ring (bicyclic) bond motifs is 8. The third-order valence-corrected chi connectivity index (χ3v) is 14.0. The summed E-state index contributed by atoms with van der Waals surface area (Å²) >= 11 is 0. The number of anilines is 6. The highest BCUT2D eigenvalue weighted by Gasteiger charge is 2.40. The van der Waals surface area contributed by atoms with Crippen LogP contribution in [0.4, 0.5) is 34.1 Å². The average molecular weight is 795 g/mol. The van der Waals surface area contributed by atoms with Crippen molar-refractivity contribution in [3.63, 3.8) is 0 Å². The minimum Gasteiger partial charge on any atom is -0.310 e. The van der Waals surface area contributed by atoms with Gasteiger partial charge in [-0.2, -0.15) is 0 Å². The van der Waals surface area contributed by atoms with E-state index in [1.807, 2.05) is 0 Å². The van der Waals surface area contributed by atoms with Crippen LogP contribution in [0.25, 0.3) is 54.6 Å². The number of hydrogen-bond donors (Lipinski definition) is 0. The fourth-order valence-corrected chi connectivity index (χ4v) is 10.9. The van der Waals surface area contributed by atoms with Crippen LogP contribution in [0.1, 0.15) is 49.9 Å². The van der Waals surface area contributed by atoms with Crippen LogP contribution in [-0.4, -0.2) is 0 Å². The summed E-state index contributed by atoms with van der Waals surface area (Å²) in [5, 5.41) is 7.37. The Bertz CT molecular complexity index is 3430. The van der Waals surface area contributed by atoms with Crippen molar-refractivity contribution in [1.82, 2.24) is 0 Å². The quantitative estimate of drug-likeness (QED) is 0.171. The first kappa shape index (κ1) is 36.4. The monoisotopic (exact) mass is 794 g/mol. The lowest BCUT2D eigenvalue weighted by Crippen LogP contribution is -2.31. The highest BCUT2D eigenvalue weighted by molar-refractivity contribution is 6.11. The molecule has 0 fully saturated rings. The van der Waals surface area contributed by atoms with Crippen LogP contribution in [0, 0.1) is 0 Å². The van der Waals surface area contributed by atoms with E-state index in [9.17, 15) is 0 Å². The molecule has 10 aromatic carbocycles. The lowest BCUT2D eigenvalue weighted by atomic mass is 9.73. The molecule has 0 amide bonds. The molecule has 0 unspecified atom stereocenters. The van der Waals surface area contributed by atoms with Crippen molar-refractivity contribution in [3.05, 3.63) is 229 Å². The minimum absolute atomic E-state index is 0.130. The summed E-state index contributed by atoms with van der Waals surface area (Å²) in [6, 6.07) is 76.8. The summed E-state index contributed by atoms with van der Waals surface area (Å²) in [6.45, 7) is 9.55. The van der Waals surface area contributed by atoms with Crippen LogP contribution in [0.2, 0.25) is 0 Å². The summed E-state index contributed by atoms with van der Waals surface area (Å²) in [5.41, 5.74) is 17.0. The van der Waals surface area contributed by atoms with Gasteiger partial charge in [-0.3, -0.25) is 0 Å². The summed E-state index contributed by atoms with van der Waals surface area (Å²) < 4.78 is 0. The van der Waals surface area contributed by atoms with Gasteiger partial charge in [-0.15, -0.1) is 0 Å². The first-order valence-electron chi connectivity index (χ1n) is 21.9. The first-order valence-corrected chi connectivity index (χ1v) is 21.9. The molecule has 296 valence electrons. The van der Waals surface area contributed by atoms with Gasteiger partial charge < -0.3 is 9.80 Å². The van der Waals surface area contributed by atoms with Crippen molar-refractivity contribution in [2.45, 2.75) is 38.5 Å². The first-order chi connectivity index (χ1) is 30.3. The molecule has 0 saturated carbocycles. The van der Waals surface area contributed by atoms with Crippen molar-refractivity contribution in [3.8, 4) is 22.3 Å². The molecule has 1 aliphatic heterocycles. The van der Waals surface area contributed by atoms with Crippen molar-refractivity contribution < 1.29 is 0 Å². The van der Waals surface area contributed by atoms with E-state index in [1.54, 1.807) is 0 Å². The molecule has 0 radical (unpaired) electrons. The smallest absolute Gasteiger partial charge is 0.0618 e. The van der Waals surface area contributed by atoms with Crippen molar-refractivity contribution in [2.75, 3.05) is 9.80 Å². The SMILES string of the molecule is CC1(C)c2ccccc2-c2ccc(N(c3ccc4c(c3)C(C)(C)c3ccccc3N4c3c(-c4cccc5ccccc45)ccc4ccccc34)c3cccc4ccccc34)cc21. The maximum absolute atomic E-state index is 2.57. The second-order valence-corrected chi connectivity index (χ2v) is 18.1. The summed E-state index contributed by atoms with van der Waals surface area (Å²) in [7, 11) is 0. The standard InChI is InChI=1S/C60H46N2/c1-59(2)51-27-12-11-25-48(51)49-35-32-42(37-53(49)59)61(55-30-16-21-40-18-6-9-23-45(40)55)43-33-36-57-54(38-43)60(3,4)52-28-13-14-29-56(52)62(57)58-46-24-10-7-19-41(46)31-34-50(58)47-26-15-20-39-17-5-8-22-44(39)47/h5-38H,1-4H3. The van der Waals surface area contributed by atoms with E-state index in [4.69, 9.17) is 0 Å². The van der Waals surface area contributed by atoms with E-state index in [2.05, 4.69) is 244 Å². The zero-order valence-electron chi connectivity index (χ0n) is 35.5. The highest BCUT2D eigenvalue weighted by Crippen LogP contribution is 2.57. The predicted molar refractivity (Wildman–Crippen MR) is 263 cm³/mol. The van der Waals surface area contributed by atoms with Crippen LogP contribution in [0.15, 0.2) is 206 Å². The topological polar surface area (TPSA) is 6.48 Å². The highest BCUT2D eigenvalue weighted by atomic mass is 15.2. The molecule has 12 rings (SSSR count). The van der Waals surface area contributed by atoms with Gasteiger partial charge in [0.2, 0.25) is 0 Å². The van der Waals surface area contributed by atoms with Gasteiger partial charge in [0.25, 0.3) is 0 Å². The van der Waals surface area contributed by atoms with Gasteiger partial charge in [-0.25, -0.2) is 0 Å². The van der Waals surface area contributed by atoms with E-state index in [0.717, 1.165) is 17.1 Å². The van der Waals surface area contributed by atoms with Crippen LogP contribution in [0.3, 0.4) is 0 Å². The maximum atomic E-state index is 2.57. The number of benzene rings is 10. The van der Waals surface area contributed by atoms with Gasteiger partial charge in [0.1, 0.15) is 0 Å². The molecule has 2 heteroatoms. The van der Waals surface area contributed by atoms with Gasteiger partial charge in [0.05, 0.1) is 22.7 Å². The molecule has 0 N–H and O–H groups in total. The Balaban J connectivity index is 1.12. The fraction of sp³-hybridized carbons (Fsp3) is 0.100. The maximum Gasteiger partial charge on any atom is 0.0618 e. The molecule has 0 atom stereocenters. The fourth-order valence-electron chi connectivity index (χ4n) is 10.9. The van der Waals surface area contributed by atoms with Crippen molar-refractivity contribution in [1.29, 1.82) is 0 Å². The van der Waals surface area contributed by atoms with Crippen LogP contribution in [-0.2, 0) is 10.8 Å². The number of nitrogens with zero attached hydrogens (tertiary/aromatic N) is 2. The molecule has 0 saturated heterocycles. The Morgan fingerprint density at radius 3 is 1.63 bits per heavy atom. The number of hydrogen-bond acceptors (Lipinski definition) is 2. The normalized spacial score (nSPS) is 14.4. The molecule has 1 aliphatic carbocycles. The molecule has 10 aromatic rings. The van der Waals surface area contributed by atoms with E-state index in [0.29, 0.717) is 0 Å². The predicted octanol–water partition coefficient (Wildman–Crippen LogP) is 16.7. The van der Waals surface area contributed by atoms with E-state index in [1.165, 1.54) is 93.9 Å². The summed E-state index contributed by atoms with van der Waals surface area (Å²) in [6.07, 6.45) is 0. The Morgan fingerprint density at radius 2 is 0.839 bits per heavy atom. The lowest BCUT2D eigenvalue weighted by Gasteiger charge is -2.43. The Labute approximate surface area is 364 Å². The van der Waals surface area contributed by atoms with Gasteiger partial charge in [0.15, 0.2) is 0 Å². The molecule has 2 nitrogen and oxygen atoms in total. The van der Waals surface area contributed by atoms with E-state index in [-0.39, 0.29) is 10.8 Å². The van der Waals surface area contributed by atoms with Crippen LogP contribution >= 0.6 is 0 Å². The van der Waals surface area contributed by atoms with Gasteiger partial charge in [0, 0.05) is 38.5 Å². The van der Waals surface area contributed by atoms with Crippen molar-refractivity contribution >= 4 is 66.4 Å². The second kappa shape index (κ2) is 13.5. The molecule has 0 aromatic heterocycles. The Morgan fingerprint density at radius 1 is 0.339 bits per heavy atom. The van der Waals surface area contributed by atoms with Crippen molar-refractivity contribution in [2.24, 2.45) is 0 Å². The van der Waals surface area contributed by atoms with Crippen LogP contribution in [0.5, 0.6) is 0 Å². The van der Waals surface area contributed by atoms with Gasteiger partial charge in [-0.1, -0.05) is 191 Å². The third kappa shape index (κ3) is 5.29. The van der Waals surface area contributed by atoms with E-state index >= 15 is 0 Å². The van der Waals surface area contributed by atoms with Gasteiger partial charge >= 0.3 is 0 Å². The van der Waals surface area contributed by atoms with Gasteiger partial charge in [-0.05, 0) is 103 Å². The molecule has 62 heavy (non-hydrogen) atoms. The third-order valence-electron chi connectivity index (χ3n) is 14.0. The Hall–Kier alpha value is -7.42. The zero-order valence-corrected chi connectivity index (χ0v) is 35.5. The Kier molecular flexibility index (Phi) is 7.96. The second-order valence-electron chi connectivity index (χ2n) is 18.1. The number of para-hydroxylation sites is 1. The minimum atomic E-state index is -0.311. The average Bonchev–Trinajstić information content (AvgIpc) is 3.54. The molecule has 1 heterocycles. The molecule has 0 spiro atoms. The van der Waals surface area contributed by atoms with Crippen LogP contribution < -0.4 is 9.80 Å². The zero-order chi connectivity index (χ0) is 41.7. The summed E-state index contributed by atoms with van der Waals surface area (Å²) in [5.74, 6) is 0. The van der Waals surface area contributed by atoms with E-state index < -0.39 is 0 Å². The number of rotatable bonds is 5. The lowest BCUT2D eigenvalue weighted by molar-refractivity contribution is 0.632. The molecular weight excluding hydrogens is 749 g/mol.